The maximum Gasteiger partial charge on any atom is 0.416 e. The molecule has 0 atom stereocenters. The summed E-state index contributed by atoms with van der Waals surface area (Å²) in [5.74, 6) is 1.38. The molecule has 0 aliphatic carbocycles. The van der Waals surface area contributed by atoms with Crippen LogP contribution in [-0.4, -0.2) is 60.4 Å². The van der Waals surface area contributed by atoms with Gasteiger partial charge in [0.05, 0.1) is 11.3 Å². The molecule has 1 aromatic carbocycles. The second-order valence-corrected chi connectivity index (χ2v) is 15.5. The molecule has 2 aromatic heterocycles. The number of halogens is 3. The number of anilines is 2. The first-order chi connectivity index (χ1) is 16.6. The minimum atomic E-state index is -4.41. The van der Waals surface area contributed by atoms with Crippen LogP contribution < -0.4 is 9.80 Å². The van der Waals surface area contributed by atoms with Crippen LogP contribution in [0.5, 0.6) is 0 Å². The SMILES string of the molecule is C[Si](C)(C)CCOCn1cc(-c2cccc(C(F)(F)F)c2)nc1N1CCN(c2ncccn2)CC1. The summed E-state index contributed by atoms with van der Waals surface area (Å²) >= 11 is 0. The predicted molar refractivity (Wildman–Crippen MR) is 133 cm³/mol. The van der Waals surface area contributed by atoms with E-state index in [9.17, 15) is 13.2 Å². The third-order valence-corrected chi connectivity index (χ3v) is 7.57. The zero-order chi connectivity index (χ0) is 25.1. The lowest BCUT2D eigenvalue weighted by atomic mass is 10.1. The molecule has 1 saturated heterocycles. The fourth-order valence-electron chi connectivity index (χ4n) is 3.85. The summed E-state index contributed by atoms with van der Waals surface area (Å²) in [5, 5.41) is 0. The van der Waals surface area contributed by atoms with Crippen LogP contribution in [0.25, 0.3) is 11.3 Å². The number of aromatic nitrogens is 4. The van der Waals surface area contributed by atoms with Gasteiger partial charge in [-0.1, -0.05) is 31.8 Å². The van der Waals surface area contributed by atoms with Crippen LogP contribution in [0.2, 0.25) is 25.7 Å². The molecule has 0 saturated carbocycles. The van der Waals surface area contributed by atoms with E-state index in [1.54, 1.807) is 30.7 Å². The molecule has 0 spiro atoms. The Labute approximate surface area is 204 Å². The van der Waals surface area contributed by atoms with E-state index in [4.69, 9.17) is 9.72 Å². The lowest BCUT2D eigenvalue weighted by Gasteiger charge is -2.35. The van der Waals surface area contributed by atoms with E-state index >= 15 is 0 Å². The van der Waals surface area contributed by atoms with E-state index in [-0.39, 0.29) is 0 Å². The first kappa shape index (κ1) is 25.2. The smallest absolute Gasteiger partial charge is 0.361 e. The molecule has 0 unspecified atom stereocenters. The maximum atomic E-state index is 13.3. The van der Waals surface area contributed by atoms with Crippen molar-refractivity contribution in [1.82, 2.24) is 19.5 Å². The Hall–Kier alpha value is -2.92. The summed E-state index contributed by atoms with van der Waals surface area (Å²) in [6.07, 6.45) is 0.824. The van der Waals surface area contributed by atoms with Crippen molar-refractivity contribution in [2.75, 3.05) is 42.6 Å². The highest BCUT2D eigenvalue weighted by atomic mass is 28.3. The van der Waals surface area contributed by atoms with E-state index in [2.05, 4.69) is 39.4 Å². The molecule has 3 aromatic rings. The molecule has 7 nitrogen and oxygen atoms in total. The molecule has 0 amide bonds. The zero-order valence-electron chi connectivity index (χ0n) is 20.3. The molecule has 11 heteroatoms. The van der Waals surface area contributed by atoms with E-state index < -0.39 is 19.8 Å². The Kier molecular flexibility index (Phi) is 7.46. The molecule has 0 radical (unpaired) electrons. The van der Waals surface area contributed by atoms with E-state index in [0.29, 0.717) is 62.7 Å². The van der Waals surface area contributed by atoms with Gasteiger partial charge < -0.3 is 14.5 Å². The number of benzene rings is 1. The minimum Gasteiger partial charge on any atom is -0.361 e. The van der Waals surface area contributed by atoms with Crippen molar-refractivity contribution in [3.05, 3.63) is 54.5 Å². The monoisotopic (exact) mass is 504 g/mol. The summed E-state index contributed by atoms with van der Waals surface area (Å²) in [6.45, 7) is 10.6. The maximum absolute atomic E-state index is 13.3. The second kappa shape index (κ2) is 10.4. The highest BCUT2D eigenvalue weighted by molar-refractivity contribution is 6.76. The van der Waals surface area contributed by atoms with Crippen molar-refractivity contribution in [3.63, 3.8) is 0 Å². The van der Waals surface area contributed by atoms with Gasteiger partial charge >= 0.3 is 6.18 Å². The van der Waals surface area contributed by atoms with Gasteiger partial charge in [-0.3, -0.25) is 4.57 Å². The van der Waals surface area contributed by atoms with Gasteiger partial charge in [-0.2, -0.15) is 13.2 Å². The van der Waals surface area contributed by atoms with Crippen molar-refractivity contribution in [2.24, 2.45) is 0 Å². The summed E-state index contributed by atoms with van der Waals surface area (Å²) in [5.41, 5.74) is 0.237. The lowest BCUT2D eigenvalue weighted by Crippen LogP contribution is -2.48. The fraction of sp³-hybridized carbons (Fsp3) is 0.458. The van der Waals surface area contributed by atoms with Gasteiger partial charge in [-0.05, 0) is 24.2 Å². The van der Waals surface area contributed by atoms with Gasteiger partial charge in [0.1, 0.15) is 6.73 Å². The predicted octanol–water partition coefficient (Wildman–Crippen LogP) is 5.00. The first-order valence-electron chi connectivity index (χ1n) is 11.7. The van der Waals surface area contributed by atoms with E-state index in [1.165, 1.54) is 6.07 Å². The van der Waals surface area contributed by atoms with Crippen molar-refractivity contribution >= 4 is 20.0 Å². The minimum absolute atomic E-state index is 0.299. The number of hydrogen-bond acceptors (Lipinski definition) is 6. The average Bonchev–Trinajstić information content (AvgIpc) is 3.26. The molecular weight excluding hydrogens is 473 g/mol. The molecule has 0 N–H and O–H groups in total. The topological polar surface area (TPSA) is 59.3 Å². The normalized spacial score (nSPS) is 15.0. The Bertz CT molecular complexity index is 1110. The number of ether oxygens (including phenoxy) is 1. The number of alkyl halides is 3. The Balaban J connectivity index is 1.54. The van der Waals surface area contributed by atoms with Crippen LogP contribution in [0.3, 0.4) is 0 Å². The molecular formula is C24H31F3N6OSi. The quantitative estimate of drug-likeness (QED) is 0.318. The largest absolute Gasteiger partial charge is 0.416 e. The van der Waals surface area contributed by atoms with Crippen molar-refractivity contribution in [3.8, 4) is 11.3 Å². The van der Waals surface area contributed by atoms with Gasteiger partial charge in [-0.15, -0.1) is 0 Å². The first-order valence-corrected chi connectivity index (χ1v) is 15.4. The summed E-state index contributed by atoms with van der Waals surface area (Å²) in [6, 6.07) is 8.11. The van der Waals surface area contributed by atoms with Crippen LogP contribution in [0, 0.1) is 0 Å². The van der Waals surface area contributed by atoms with Gasteiger partial charge in [0.2, 0.25) is 11.9 Å². The van der Waals surface area contributed by atoms with Crippen molar-refractivity contribution < 1.29 is 17.9 Å². The number of piperazine rings is 1. The van der Waals surface area contributed by atoms with Crippen molar-refractivity contribution in [2.45, 2.75) is 38.6 Å². The van der Waals surface area contributed by atoms with Gasteiger partial charge in [0.25, 0.3) is 0 Å². The third-order valence-electron chi connectivity index (χ3n) is 5.87. The number of hydrogen-bond donors (Lipinski definition) is 0. The van der Waals surface area contributed by atoms with Crippen LogP contribution in [0.15, 0.2) is 48.9 Å². The fourth-order valence-corrected chi connectivity index (χ4v) is 4.61. The Morgan fingerprint density at radius 1 is 0.971 bits per heavy atom. The highest BCUT2D eigenvalue weighted by Gasteiger charge is 2.31. The second-order valence-electron chi connectivity index (χ2n) is 9.85. The summed E-state index contributed by atoms with van der Waals surface area (Å²) in [7, 11) is -1.24. The summed E-state index contributed by atoms with van der Waals surface area (Å²) in [4.78, 5) is 17.7. The molecule has 3 heterocycles. The van der Waals surface area contributed by atoms with E-state index in [1.807, 2.05) is 4.57 Å². The van der Waals surface area contributed by atoms with Crippen LogP contribution in [0.1, 0.15) is 5.56 Å². The van der Waals surface area contributed by atoms with Crippen LogP contribution in [-0.2, 0) is 17.6 Å². The molecule has 0 bridgehead atoms. The molecule has 35 heavy (non-hydrogen) atoms. The third kappa shape index (κ3) is 6.60. The standard InChI is InChI=1S/C24H31F3N6OSi/c1-35(2,3)15-14-34-18-33-17-21(19-6-4-7-20(16-19)24(25,26)27)30-23(33)32-12-10-31(11-13-32)22-28-8-5-9-29-22/h4-9,16-17H,10-15,18H2,1-3H3. The molecule has 4 rings (SSSR count). The van der Waals surface area contributed by atoms with E-state index in [0.717, 1.165) is 18.2 Å². The Morgan fingerprint density at radius 3 is 2.31 bits per heavy atom. The van der Waals surface area contributed by atoms with Crippen molar-refractivity contribution in [1.29, 1.82) is 0 Å². The number of nitrogens with zero attached hydrogens (tertiary/aromatic N) is 6. The van der Waals surface area contributed by atoms with Gasteiger partial charge in [-0.25, -0.2) is 15.0 Å². The number of rotatable bonds is 8. The Morgan fingerprint density at radius 2 is 1.66 bits per heavy atom. The summed E-state index contributed by atoms with van der Waals surface area (Å²) < 4.78 is 47.7. The van der Waals surface area contributed by atoms with Crippen LogP contribution in [0.4, 0.5) is 25.1 Å². The molecule has 1 aliphatic heterocycles. The van der Waals surface area contributed by atoms with Gasteiger partial charge in [0, 0.05) is 65.0 Å². The number of imidazole rings is 1. The van der Waals surface area contributed by atoms with Gasteiger partial charge in [0.15, 0.2) is 0 Å². The molecule has 1 aliphatic rings. The average molecular weight is 505 g/mol. The molecule has 188 valence electrons. The highest BCUT2D eigenvalue weighted by Crippen LogP contribution is 2.33. The molecule has 1 fully saturated rings. The zero-order valence-corrected chi connectivity index (χ0v) is 21.3. The lowest BCUT2D eigenvalue weighted by molar-refractivity contribution is -0.137. The van der Waals surface area contributed by atoms with Crippen LogP contribution >= 0.6 is 0 Å².